The second-order valence-corrected chi connectivity index (χ2v) is 9.52. The van der Waals surface area contributed by atoms with E-state index in [0.29, 0.717) is 31.6 Å². The van der Waals surface area contributed by atoms with Crippen molar-refractivity contribution in [2.75, 3.05) is 39.0 Å². The average molecular weight is 377 g/mol. The summed E-state index contributed by atoms with van der Waals surface area (Å²) in [6.07, 6.45) is 3.62. The average Bonchev–Trinajstić information content (AvgIpc) is 3.22. The molecule has 3 heterocycles. The quantitative estimate of drug-likeness (QED) is 0.830. The van der Waals surface area contributed by atoms with E-state index in [-0.39, 0.29) is 25.0 Å². The number of fused-ring (bicyclic) bond motifs is 2. The van der Waals surface area contributed by atoms with Crippen LogP contribution >= 0.6 is 0 Å². The number of nitrogens with zero attached hydrogens (tertiary/aromatic N) is 2. The zero-order valence-corrected chi connectivity index (χ0v) is 15.5. The van der Waals surface area contributed by atoms with Gasteiger partial charge in [0.05, 0.1) is 18.4 Å². The minimum absolute atomic E-state index is 0.0773. The van der Waals surface area contributed by atoms with Crippen LogP contribution in [0.2, 0.25) is 0 Å². The summed E-state index contributed by atoms with van der Waals surface area (Å²) < 4.78 is 25.3. The number of rotatable bonds is 3. The lowest BCUT2D eigenvalue weighted by atomic mass is 9.74. The molecule has 2 N–H and O–H groups in total. The predicted octanol–water partition coefficient (Wildman–Crippen LogP) is 0.884. The van der Waals surface area contributed by atoms with E-state index in [4.69, 9.17) is 0 Å². The molecule has 4 rings (SSSR count). The number of sulfonamides is 1. The third-order valence-electron chi connectivity index (χ3n) is 5.93. The third-order valence-corrected chi connectivity index (χ3v) is 7.14. The number of nitrogens with one attached hydrogen (secondary N) is 1. The van der Waals surface area contributed by atoms with Crippen molar-refractivity contribution in [3.05, 3.63) is 36.0 Å². The van der Waals surface area contributed by atoms with Crippen LogP contribution in [0.3, 0.4) is 0 Å². The van der Waals surface area contributed by atoms with Crippen molar-refractivity contribution >= 4 is 26.8 Å². The summed E-state index contributed by atoms with van der Waals surface area (Å²) in [5.41, 5.74) is 0.945. The monoisotopic (exact) mass is 377 g/mol. The normalized spacial score (nSPS) is 27.0. The molecule has 0 aliphatic carbocycles. The number of aliphatic hydroxyl groups excluding tert-OH is 1. The minimum atomic E-state index is -3.30. The minimum Gasteiger partial charge on any atom is -0.396 e. The maximum absolute atomic E-state index is 13.1. The first-order valence-corrected chi connectivity index (χ1v) is 10.6. The summed E-state index contributed by atoms with van der Waals surface area (Å²) in [5.74, 6) is 0.000717. The van der Waals surface area contributed by atoms with Crippen LogP contribution in [0.15, 0.2) is 30.5 Å². The van der Waals surface area contributed by atoms with Crippen LogP contribution in [0, 0.1) is 11.3 Å². The molecule has 0 saturated carbocycles. The van der Waals surface area contributed by atoms with Crippen molar-refractivity contribution in [3.8, 4) is 0 Å². The second kappa shape index (κ2) is 6.07. The molecule has 1 aromatic heterocycles. The Morgan fingerprint density at radius 2 is 2.12 bits per heavy atom. The molecule has 0 unspecified atom stereocenters. The smallest absolute Gasteiger partial charge is 0.256 e. The van der Waals surface area contributed by atoms with Crippen molar-refractivity contribution in [1.82, 2.24) is 14.2 Å². The fraction of sp³-hybridized carbons (Fsp3) is 0.500. The Morgan fingerprint density at radius 3 is 2.85 bits per heavy atom. The number of carbonyl (C=O) groups excluding carboxylic acids is 1. The molecule has 2 aliphatic rings. The number of hydrogen-bond acceptors (Lipinski definition) is 4. The molecule has 2 atom stereocenters. The molecule has 1 aromatic carbocycles. The number of likely N-dealkylation sites (tertiary alicyclic amines) is 1. The number of aromatic amines is 1. The Morgan fingerprint density at radius 1 is 1.35 bits per heavy atom. The van der Waals surface area contributed by atoms with Crippen LogP contribution in [0.1, 0.15) is 16.8 Å². The van der Waals surface area contributed by atoms with E-state index in [0.717, 1.165) is 10.9 Å². The molecule has 7 nitrogen and oxygen atoms in total. The number of carbonyl (C=O) groups is 1. The number of para-hydroxylation sites is 1. The Hall–Kier alpha value is -1.90. The molecule has 2 aromatic rings. The van der Waals surface area contributed by atoms with Gasteiger partial charge in [0.15, 0.2) is 0 Å². The second-order valence-electron chi connectivity index (χ2n) is 7.54. The van der Waals surface area contributed by atoms with Crippen LogP contribution in [-0.4, -0.2) is 72.7 Å². The number of aromatic nitrogens is 1. The fourth-order valence-electron chi connectivity index (χ4n) is 4.41. The van der Waals surface area contributed by atoms with Gasteiger partial charge in [-0.15, -0.1) is 0 Å². The largest absolute Gasteiger partial charge is 0.396 e. The van der Waals surface area contributed by atoms with Crippen molar-refractivity contribution in [1.29, 1.82) is 0 Å². The van der Waals surface area contributed by atoms with Crippen LogP contribution in [0.25, 0.3) is 10.9 Å². The van der Waals surface area contributed by atoms with E-state index in [1.54, 1.807) is 11.1 Å². The molecular weight excluding hydrogens is 354 g/mol. The fourth-order valence-corrected chi connectivity index (χ4v) is 5.35. The van der Waals surface area contributed by atoms with Gasteiger partial charge in [0.2, 0.25) is 10.0 Å². The molecule has 140 valence electrons. The Labute approximate surface area is 152 Å². The summed E-state index contributed by atoms with van der Waals surface area (Å²) in [7, 11) is -3.30. The summed E-state index contributed by atoms with van der Waals surface area (Å²) in [6, 6.07) is 7.65. The topological polar surface area (TPSA) is 93.7 Å². The molecule has 0 radical (unpaired) electrons. The first kappa shape index (κ1) is 17.5. The lowest BCUT2D eigenvalue weighted by molar-refractivity contribution is 0.0130. The van der Waals surface area contributed by atoms with Gasteiger partial charge in [-0.2, -0.15) is 0 Å². The van der Waals surface area contributed by atoms with E-state index in [9.17, 15) is 18.3 Å². The van der Waals surface area contributed by atoms with Gasteiger partial charge < -0.3 is 15.0 Å². The Balaban J connectivity index is 1.61. The Kier molecular flexibility index (Phi) is 4.09. The molecule has 26 heavy (non-hydrogen) atoms. The van der Waals surface area contributed by atoms with Gasteiger partial charge in [-0.25, -0.2) is 12.7 Å². The number of H-pyrrole nitrogens is 1. The Bertz CT molecular complexity index is 954. The van der Waals surface area contributed by atoms with E-state index >= 15 is 0 Å². The molecular formula is C18H23N3O4S. The standard InChI is InChI=1S/C18H23N3O4S/c1-26(24,25)21-9-13-6-7-20(10-18(13,11-21)12-22)17(23)15-8-19-16-5-3-2-4-14(15)16/h2-5,8,13,19,22H,6-7,9-12H2,1H3/t13-,18+/m1/s1. The zero-order chi connectivity index (χ0) is 18.5. The lowest BCUT2D eigenvalue weighted by Crippen LogP contribution is -2.52. The third kappa shape index (κ3) is 2.72. The molecule has 2 fully saturated rings. The number of piperidine rings is 1. The van der Waals surface area contributed by atoms with Crippen LogP contribution in [-0.2, 0) is 10.0 Å². The lowest BCUT2D eigenvalue weighted by Gasteiger charge is -2.43. The van der Waals surface area contributed by atoms with Gasteiger partial charge in [-0.05, 0) is 18.4 Å². The van der Waals surface area contributed by atoms with Gasteiger partial charge in [-0.1, -0.05) is 18.2 Å². The predicted molar refractivity (Wildman–Crippen MR) is 98.2 cm³/mol. The highest BCUT2D eigenvalue weighted by Gasteiger charge is 2.52. The first-order valence-electron chi connectivity index (χ1n) is 8.75. The summed E-state index contributed by atoms with van der Waals surface area (Å²) in [4.78, 5) is 18.0. The van der Waals surface area contributed by atoms with Gasteiger partial charge in [0, 0.05) is 48.7 Å². The van der Waals surface area contributed by atoms with Gasteiger partial charge >= 0.3 is 0 Å². The molecule has 0 spiro atoms. The zero-order valence-electron chi connectivity index (χ0n) is 14.7. The molecule has 2 saturated heterocycles. The highest BCUT2D eigenvalue weighted by Crippen LogP contribution is 2.43. The number of benzene rings is 1. The first-order chi connectivity index (χ1) is 12.3. The van der Waals surface area contributed by atoms with Crippen LogP contribution in [0.5, 0.6) is 0 Å². The SMILES string of the molecule is CS(=O)(=O)N1C[C@H]2CCN(C(=O)c3c[nH]c4ccccc34)C[C@@]2(CO)C1. The van der Waals surface area contributed by atoms with E-state index in [2.05, 4.69) is 4.98 Å². The number of hydrogen-bond donors (Lipinski definition) is 2. The summed E-state index contributed by atoms with van der Waals surface area (Å²) >= 11 is 0. The molecule has 1 amide bonds. The van der Waals surface area contributed by atoms with Crippen LogP contribution < -0.4 is 0 Å². The van der Waals surface area contributed by atoms with Crippen molar-refractivity contribution in [2.24, 2.45) is 11.3 Å². The number of amides is 1. The van der Waals surface area contributed by atoms with Crippen molar-refractivity contribution < 1.29 is 18.3 Å². The summed E-state index contributed by atoms with van der Waals surface area (Å²) in [5, 5.41) is 10.9. The molecule has 0 bridgehead atoms. The molecule has 2 aliphatic heterocycles. The highest BCUT2D eigenvalue weighted by molar-refractivity contribution is 7.88. The van der Waals surface area contributed by atoms with Gasteiger partial charge in [-0.3, -0.25) is 4.79 Å². The van der Waals surface area contributed by atoms with E-state index < -0.39 is 15.4 Å². The highest BCUT2D eigenvalue weighted by atomic mass is 32.2. The molecule has 8 heteroatoms. The van der Waals surface area contributed by atoms with Gasteiger partial charge in [0.25, 0.3) is 5.91 Å². The van der Waals surface area contributed by atoms with Gasteiger partial charge in [0.1, 0.15) is 0 Å². The summed E-state index contributed by atoms with van der Waals surface area (Å²) in [6.45, 7) is 1.52. The van der Waals surface area contributed by atoms with E-state index in [1.165, 1.54) is 10.6 Å². The van der Waals surface area contributed by atoms with Crippen LogP contribution in [0.4, 0.5) is 0 Å². The van der Waals surface area contributed by atoms with Crippen molar-refractivity contribution in [3.63, 3.8) is 0 Å². The van der Waals surface area contributed by atoms with E-state index in [1.807, 2.05) is 24.3 Å². The van der Waals surface area contributed by atoms with Crippen molar-refractivity contribution in [2.45, 2.75) is 6.42 Å². The maximum Gasteiger partial charge on any atom is 0.256 e. The maximum atomic E-state index is 13.1. The number of aliphatic hydroxyl groups is 1.